The van der Waals surface area contributed by atoms with Gasteiger partial charge in [0.05, 0.1) is 17.1 Å². The minimum absolute atomic E-state index is 0.127. The molecule has 21 heavy (non-hydrogen) atoms. The van der Waals surface area contributed by atoms with E-state index >= 15 is 0 Å². The summed E-state index contributed by atoms with van der Waals surface area (Å²) in [5, 5.41) is 0.444. The second kappa shape index (κ2) is 7.48. The monoisotopic (exact) mass is 367 g/mol. The third kappa shape index (κ3) is 4.48. The minimum Gasteiger partial charge on any atom is -0.492 e. The Kier molecular flexibility index (Phi) is 5.65. The first-order chi connectivity index (χ1) is 10.1. The number of carbonyl (C=O) groups is 1. The van der Waals surface area contributed by atoms with Gasteiger partial charge in [-0.2, -0.15) is 0 Å². The summed E-state index contributed by atoms with van der Waals surface area (Å²) in [5.41, 5.74) is 0.480. The van der Waals surface area contributed by atoms with E-state index in [0.717, 1.165) is 10.2 Å². The maximum atomic E-state index is 12.3. The van der Waals surface area contributed by atoms with Crippen molar-refractivity contribution in [2.75, 3.05) is 20.2 Å². The van der Waals surface area contributed by atoms with E-state index < -0.39 is 0 Å². The molecule has 0 aromatic heterocycles. The highest BCUT2D eigenvalue weighted by Crippen LogP contribution is 2.22. The number of para-hydroxylation sites is 1. The summed E-state index contributed by atoms with van der Waals surface area (Å²) in [6, 6.07) is 14.7. The van der Waals surface area contributed by atoms with Gasteiger partial charge in [-0.05, 0) is 30.3 Å². The third-order valence-electron chi connectivity index (χ3n) is 2.94. The Labute approximate surface area is 137 Å². The molecule has 0 N–H and O–H groups in total. The van der Waals surface area contributed by atoms with E-state index in [1.54, 1.807) is 30.1 Å². The topological polar surface area (TPSA) is 29.5 Å². The summed E-state index contributed by atoms with van der Waals surface area (Å²) in [6.07, 6.45) is 0. The fourth-order valence-corrected chi connectivity index (χ4v) is 2.35. The molecule has 0 atom stereocenters. The average molecular weight is 369 g/mol. The van der Waals surface area contributed by atoms with Gasteiger partial charge < -0.3 is 9.64 Å². The lowest BCUT2D eigenvalue weighted by atomic mass is 10.2. The molecule has 0 aliphatic carbocycles. The SMILES string of the molecule is CN(CCOc1ccccc1)C(=O)c1cc(Br)ccc1Cl. The fourth-order valence-electron chi connectivity index (χ4n) is 1.79. The highest BCUT2D eigenvalue weighted by molar-refractivity contribution is 9.10. The molecule has 0 saturated heterocycles. The van der Waals surface area contributed by atoms with E-state index in [1.807, 2.05) is 30.3 Å². The van der Waals surface area contributed by atoms with Crippen molar-refractivity contribution in [2.24, 2.45) is 0 Å². The van der Waals surface area contributed by atoms with Crippen LogP contribution < -0.4 is 4.74 Å². The molecule has 2 aromatic rings. The van der Waals surface area contributed by atoms with Crippen LogP contribution in [0.1, 0.15) is 10.4 Å². The normalized spacial score (nSPS) is 10.2. The average Bonchev–Trinajstić information content (AvgIpc) is 2.50. The molecule has 0 aliphatic heterocycles. The standard InChI is InChI=1S/C16H15BrClNO2/c1-19(9-10-21-13-5-3-2-4-6-13)16(20)14-11-12(17)7-8-15(14)18/h2-8,11H,9-10H2,1H3. The number of amides is 1. The number of ether oxygens (including phenoxy) is 1. The van der Waals surface area contributed by atoms with Crippen LogP contribution in [0.25, 0.3) is 0 Å². The number of likely N-dealkylation sites (N-methyl/N-ethyl adjacent to an activating group) is 1. The Morgan fingerprint density at radius 1 is 1.24 bits per heavy atom. The quantitative estimate of drug-likeness (QED) is 0.789. The van der Waals surface area contributed by atoms with Crippen molar-refractivity contribution in [3.63, 3.8) is 0 Å². The van der Waals surface area contributed by atoms with Crippen molar-refractivity contribution in [3.05, 3.63) is 63.6 Å². The van der Waals surface area contributed by atoms with Crippen LogP contribution in [0.5, 0.6) is 5.75 Å². The smallest absolute Gasteiger partial charge is 0.255 e. The summed E-state index contributed by atoms with van der Waals surface area (Å²) < 4.78 is 6.40. The summed E-state index contributed by atoms with van der Waals surface area (Å²) in [5.74, 6) is 0.664. The van der Waals surface area contributed by atoms with Crippen molar-refractivity contribution in [3.8, 4) is 5.75 Å². The molecule has 3 nitrogen and oxygen atoms in total. The Morgan fingerprint density at radius 2 is 1.95 bits per heavy atom. The summed E-state index contributed by atoms with van der Waals surface area (Å²) >= 11 is 9.41. The predicted molar refractivity (Wildman–Crippen MR) is 88.0 cm³/mol. The summed E-state index contributed by atoms with van der Waals surface area (Å²) in [4.78, 5) is 13.9. The van der Waals surface area contributed by atoms with Gasteiger partial charge in [0, 0.05) is 11.5 Å². The highest BCUT2D eigenvalue weighted by Gasteiger charge is 2.15. The van der Waals surface area contributed by atoms with Gasteiger partial charge in [-0.1, -0.05) is 45.7 Å². The Morgan fingerprint density at radius 3 is 2.67 bits per heavy atom. The lowest BCUT2D eigenvalue weighted by Crippen LogP contribution is -2.31. The number of hydrogen-bond acceptors (Lipinski definition) is 2. The first-order valence-electron chi connectivity index (χ1n) is 6.46. The number of halogens is 2. The molecule has 0 spiro atoms. The van der Waals surface area contributed by atoms with Gasteiger partial charge in [0.15, 0.2) is 0 Å². The zero-order valence-corrected chi connectivity index (χ0v) is 13.9. The van der Waals surface area contributed by atoms with Crippen molar-refractivity contribution in [2.45, 2.75) is 0 Å². The van der Waals surface area contributed by atoms with Gasteiger partial charge in [0.2, 0.25) is 0 Å². The van der Waals surface area contributed by atoms with Gasteiger partial charge >= 0.3 is 0 Å². The van der Waals surface area contributed by atoms with Crippen LogP contribution in [0.2, 0.25) is 5.02 Å². The zero-order valence-electron chi connectivity index (χ0n) is 11.6. The molecule has 0 fully saturated rings. The van der Waals surface area contributed by atoms with Crippen LogP contribution in [-0.4, -0.2) is 31.0 Å². The molecule has 0 radical (unpaired) electrons. The summed E-state index contributed by atoms with van der Waals surface area (Å²) in [7, 11) is 1.73. The second-order valence-electron chi connectivity index (χ2n) is 4.51. The predicted octanol–water partition coefficient (Wildman–Crippen LogP) is 4.25. The first kappa shape index (κ1) is 15.9. The lowest BCUT2D eigenvalue weighted by molar-refractivity contribution is 0.0774. The van der Waals surface area contributed by atoms with E-state index in [4.69, 9.17) is 16.3 Å². The largest absolute Gasteiger partial charge is 0.492 e. The molecule has 0 bridgehead atoms. The van der Waals surface area contributed by atoms with Crippen molar-refractivity contribution >= 4 is 33.4 Å². The molecule has 2 aromatic carbocycles. The van der Waals surface area contributed by atoms with Gasteiger partial charge in [-0.25, -0.2) is 0 Å². The van der Waals surface area contributed by atoms with Gasteiger partial charge in [-0.15, -0.1) is 0 Å². The van der Waals surface area contributed by atoms with Crippen LogP contribution in [-0.2, 0) is 0 Å². The van der Waals surface area contributed by atoms with Crippen LogP contribution in [0, 0.1) is 0 Å². The van der Waals surface area contributed by atoms with Crippen molar-refractivity contribution in [1.82, 2.24) is 4.90 Å². The molecule has 0 unspecified atom stereocenters. The molecular weight excluding hydrogens is 354 g/mol. The Hall–Kier alpha value is -1.52. The van der Waals surface area contributed by atoms with E-state index in [2.05, 4.69) is 15.9 Å². The third-order valence-corrected chi connectivity index (χ3v) is 3.77. The molecule has 5 heteroatoms. The van der Waals surface area contributed by atoms with Gasteiger partial charge in [-0.3, -0.25) is 4.79 Å². The van der Waals surface area contributed by atoms with Gasteiger partial charge in [0.25, 0.3) is 5.91 Å². The molecular formula is C16H15BrClNO2. The maximum Gasteiger partial charge on any atom is 0.255 e. The Balaban J connectivity index is 1.92. The minimum atomic E-state index is -0.127. The molecule has 0 heterocycles. The maximum absolute atomic E-state index is 12.3. The number of hydrogen-bond donors (Lipinski definition) is 0. The number of rotatable bonds is 5. The molecule has 110 valence electrons. The van der Waals surface area contributed by atoms with Crippen LogP contribution in [0.3, 0.4) is 0 Å². The zero-order chi connectivity index (χ0) is 15.2. The van der Waals surface area contributed by atoms with Crippen LogP contribution in [0.4, 0.5) is 0 Å². The molecule has 0 aliphatic rings. The summed E-state index contributed by atoms with van der Waals surface area (Å²) in [6.45, 7) is 0.911. The fraction of sp³-hybridized carbons (Fsp3) is 0.188. The van der Waals surface area contributed by atoms with Crippen molar-refractivity contribution < 1.29 is 9.53 Å². The van der Waals surface area contributed by atoms with E-state index in [1.165, 1.54) is 0 Å². The van der Waals surface area contributed by atoms with E-state index in [9.17, 15) is 4.79 Å². The Bertz CT molecular complexity index is 619. The number of nitrogens with zero attached hydrogens (tertiary/aromatic N) is 1. The van der Waals surface area contributed by atoms with Crippen LogP contribution in [0.15, 0.2) is 53.0 Å². The van der Waals surface area contributed by atoms with E-state index in [0.29, 0.717) is 23.7 Å². The lowest BCUT2D eigenvalue weighted by Gasteiger charge is -2.18. The van der Waals surface area contributed by atoms with Crippen LogP contribution >= 0.6 is 27.5 Å². The molecule has 0 saturated carbocycles. The second-order valence-corrected chi connectivity index (χ2v) is 5.84. The first-order valence-corrected chi connectivity index (χ1v) is 7.63. The van der Waals surface area contributed by atoms with E-state index in [-0.39, 0.29) is 5.91 Å². The van der Waals surface area contributed by atoms with Crippen molar-refractivity contribution in [1.29, 1.82) is 0 Å². The molecule has 1 amide bonds. The highest BCUT2D eigenvalue weighted by atomic mass is 79.9. The number of benzene rings is 2. The van der Waals surface area contributed by atoms with Gasteiger partial charge in [0.1, 0.15) is 12.4 Å². The number of carbonyl (C=O) groups excluding carboxylic acids is 1. The molecule has 2 rings (SSSR count).